The van der Waals surface area contributed by atoms with Crippen LogP contribution in [0.4, 0.5) is 0 Å². The van der Waals surface area contributed by atoms with E-state index in [-0.39, 0.29) is 10.8 Å². The third-order valence-electron chi connectivity index (χ3n) is 10.4. The van der Waals surface area contributed by atoms with E-state index in [1.165, 1.54) is 37.7 Å². The van der Waals surface area contributed by atoms with E-state index in [0.717, 1.165) is 44.1 Å². The lowest BCUT2D eigenvalue weighted by atomic mass is 9.45. The van der Waals surface area contributed by atoms with Crippen molar-refractivity contribution < 1.29 is 10.2 Å². The molecule has 6 atom stereocenters. The molecule has 0 bridgehead atoms. The molecule has 3 aliphatic carbocycles. The van der Waals surface area contributed by atoms with Gasteiger partial charge in [-0.2, -0.15) is 0 Å². The van der Waals surface area contributed by atoms with Gasteiger partial charge in [0.25, 0.3) is 0 Å². The zero-order valence-corrected chi connectivity index (χ0v) is 22.3. The van der Waals surface area contributed by atoms with Crippen molar-refractivity contribution in [2.45, 2.75) is 131 Å². The summed E-state index contributed by atoms with van der Waals surface area (Å²) in [5, 5.41) is 22.4. The first-order valence-corrected chi connectivity index (χ1v) is 13.5. The third-order valence-corrected chi connectivity index (χ3v) is 10.4. The van der Waals surface area contributed by atoms with Gasteiger partial charge in [0.1, 0.15) is 0 Å². The molecule has 0 heterocycles. The first-order chi connectivity index (χ1) is 14.7. The van der Waals surface area contributed by atoms with Crippen LogP contribution in [0.3, 0.4) is 0 Å². The number of hydrogen-bond acceptors (Lipinski definition) is 2. The Morgan fingerprint density at radius 1 is 1.03 bits per heavy atom. The summed E-state index contributed by atoms with van der Waals surface area (Å²) in [6, 6.07) is 0. The number of aliphatic hydroxyl groups is 2. The van der Waals surface area contributed by atoms with Crippen LogP contribution in [0.15, 0.2) is 23.8 Å². The Balaban J connectivity index is 1.67. The molecule has 2 heteroatoms. The Kier molecular flexibility index (Phi) is 7.49. The predicted molar refractivity (Wildman–Crippen MR) is 136 cm³/mol. The Morgan fingerprint density at radius 3 is 2.34 bits per heavy atom. The molecule has 2 N–H and O–H groups in total. The summed E-state index contributed by atoms with van der Waals surface area (Å²) >= 11 is 0. The molecule has 0 spiro atoms. The van der Waals surface area contributed by atoms with Gasteiger partial charge in [-0.15, -0.1) is 0 Å². The summed E-state index contributed by atoms with van der Waals surface area (Å²) in [6.45, 7) is 20.6. The summed E-state index contributed by atoms with van der Waals surface area (Å²) in [5.74, 6) is 1.42. The van der Waals surface area contributed by atoms with E-state index in [1.807, 2.05) is 0 Å². The third kappa shape index (κ3) is 5.07. The fourth-order valence-corrected chi connectivity index (χ4v) is 8.45. The molecule has 6 unspecified atom stereocenters. The standard InChI is InChI=1S/C30H52O2/c1-21-13-10-16-27(3,4)23(21)20-24(31)22(2)12-9-14-26-29(7)18-11-17-28(5,6)25(29)15-19-30(26,8)32/h12,23-26,31-32H,1,9-11,13-20H2,2-8H3. The van der Waals surface area contributed by atoms with Crippen molar-refractivity contribution in [3.8, 4) is 0 Å². The minimum Gasteiger partial charge on any atom is -0.390 e. The normalized spacial score (nSPS) is 40.6. The molecule has 2 nitrogen and oxygen atoms in total. The molecule has 0 aromatic rings. The van der Waals surface area contributed by atoms with E-state index in [0.29, 0.717) is 23.2 Å². The molecule has 0 saturated heterocycles. The SMILES string of the molecule is C=C1CCCC(C)(C)C1CC(O)C(C)=CCCC1C(C)(O)CCC2C(C)(C)CCCC21C. The van der Waals surface area contributed by atoms with Crippen LogP contribution in [0.5, 0.6) is 0 Å². The lowest BCUT2D eigenvalue weighted by Crippen LogP contribution is -2.57. The van der Waals surface area contributed by atoms with Crippen LogP contribution in [-0.2, 0) is 0 Å². The van der Waals surface area contributed by atoms with E-state index < -0.39 is 11.7 Å². The molecule has 32 heavy (non-hydrogen) atoms. The lowest BCUT2D eigenvalue weighted by molar-refractivity contribution is -0.168. The summed E-state index contributed by atoms with van der Waals surface area (Å²) in [6.07, 6.45) is 14.1. The molecule has 0 radical (unpaired) electrons. The van der Waals surface area contributed by atoms with E-state index in [2.05, 4.69) is 61.1 Å². The van der Waals surface area contributed by atoms with Crippen LogP contribution in [0.25, 0.3) is 0 Å². The van der Waals surface area contributed by atoms with Crippen LogP contribution >= 0.6 is 0 Å². The highest BCUT2D eigenvalue weighted by Gasteiger charge is 2.57. The van der Waals surface area contributed by atoms with Gasteiger partial charge in [0.2, 0.25) is 0 Å². The minimum absolute atomic E-state index is 0.216. The summed E-state index contributed by atoms with van der Waals surface area (Å²) in [5.41, 5.74) is 2.66. The highest BCUT2D eigenvalue weighted by Crippen LogP contribution is 2.63. The number of rotatable bonds is 6. The smallest absolute Gasteiger partial charge is 0.0753 e. The Hall–Kier alpha value is -0.600. The maximum absolute atomic E-state index is 11.4. The second kappa shape index (κ2) is 9.21. The molecule has 0 aliphatic heterocycles. The molecular weight excluding hydrogens is 392 g/mol. The van der Waals surface area contributed by atoms with Crippen molar-refractivity contribution in [3.05, 3.63) is 23.8 Å². The van der Waals surface area contributed by atoms with Crippen LogP contribution in [0, 0.1) is 34.0 Å². The van der Waals surface area contributed by atoms with Crippen LogP contribution in [0.1, 0.15) is 119 Å². The molecule has 0 amide bonds. The fraction of sp³-hybridized carbons (Fsp3) is 0.867. The van der Waals surface area contributed by atoms with Gasteiger partial charge in [-0.3, -0.25) is 0 Å². The van der Waals surface area contributed by atoms with E-state index >= 15 is 0 Å². The largest absolute Gasteiger partial charge is 0.390 e. The van der Waals surface area contributed by atoms with E-state index in [9.17, 15) is 10.2 Å². The average molecular weight is 445 g/mol. The molecule has 3 aliphatic rings. The first kappa shape index (κ1) is 26.0. The number of aliphatic hydroxyl groups excluding tert-OH is 1. The Bertz CT molecular complexity index is 712. The van der Waals surface area contributed by atoms with Gasteiger partial charge in [-0.25, -0.2) is 0 Å². The van der Waals surface area contributed by atoms with E-state index in [4.69, 9.17) is 0 Å². The van der Waals surface area contributed by atoms with Crippen molar-refractivity contribution in [1.29, 1.82) is 0 Å². The average Bonchev–Trinajstić information content (AvgIpc) is 2.65. The number of allylic oxidation sites excluding steroid dienone is 2. The monoisotopic (exact) mass is 444 g/mol. The molecular formula is C30H52O2. The maximum atomic E-state index is 11.4. The van der Waals surface area contributed by atoms with E-state index in [1.54, 1.807) is 0 Å². The van der Waals surface area contributed by atoms with Gasteiger partial charge in [-0.05, 0) is 118 Å². The maximum Gasteiger partial charge on any atom is 0.0753 e. The Labute approximate surface area is 199 Å². The topological polar surface area (TPSA) is 40.5 Å². The van der Waals surface area contributed by atoms with Crippen molar-refractivity contribution in [2.24, 2.45) is 34.0 Å². The van der Waals surface area contributed by atoms with Crippen molar-refractivity contribution in [1.82, 2.24) is 0 Å². The van der Waals surface area contributed by atoms with Gasteiger partial charge < -0.3 is 10.2 Å². The molecule has 0 aromatic heterocycles. The highest BCUT2D eigenvalue weighted by atomic mass is 16.3. The predicted octanol–water partition coefficient (Wildman–Crippen LogP) is 7.84. The summed E-state index contributed by atoms with van der Waals surface area (Å²) < 4.78 is 0. The lowest BCUT2D eigenvalue weighted by Gasteiger charge is -2.61. The summed E-state index contributed by atoms with van der Waals surface area (Å²) in [7, 11) is 0. The second-order valence-electron chi connectivity index (χ2n) is 13.7. The fourth-order valence-electron chi connectivity index (χ4n) is 8.45. The molecule has 184 valence electrons. The van der Waals surface area contributed by atoms with Crippen LogP contribution in [-0.4, -0.2) is 21.9 Å². The zero-order chi connectivity index (χ0) is 23.9. The quantitative estimate of drug-likeness (QED) is 0.410. The van der Waals surface area contributed by atoms with Crippen molar-refractivity contribution in [3.63, 3.8) is 0 Å². The summed E-state index contributed by atoms with van der Waals surface area (Å²) in [4.78, 5) is 0. The van der Waals surface area contributed by atoms with Gasteiger partial charge >= 0.3 is 0 Å². The highest BCUT2D eigenvalue weighted by molar-refractivity contribution is 5.14. The molecule has 0 aromatic carbocycles. The first-order valence-electron chi connectivity index (χ1n) is 13.5. The minimum atomic E-state index is -0.580. The van der Waals surface area contributed by atoms with Gasteiger partial charge in [0.05, 0.1) is 11.7 Å². The van der Waals surface area contributed by atoms with Crippen molar-refractivity contribution >= 4 is 0 Å². The molecule has 3 fully saturated rings. The number of fused-ring (bicyclic) bond motifs is 1. The van der Waals surface area contributed by atoms with Crippen LogP contribution in [0.2, 0.25) is 0 Å². The second-order valence-corrected chi connectivity index (χ2v) is 13.7. The molecule has 3 saturated carbocycles. The van der Waals surface area contributed by atoms with Gasteiger partial charge in [-0.1, -0.05) is 59.3 Å². The van der Waals surface area contributed by atoms with Crippen molar-refractivity contribution in [2.75, 3.05) is 0 Å². The van der Waals surface area contributed by atoms with Crippen LogP contribution < -0.4 is 0 Å². The zero-order valence-electron chi connectivity index (χ0n) is 22.3. The number of hydrogen-bond donors (Lipinski definition) is 2. The molecule has 3 rings (SSSR count). The van der Waals surface area contributed by atoms with Gasteiger partial charge in [0, 0.05) is 0 Å². The van der Waals surface area contributed by atoms with Gasteiger partial charge in [0.15, 0.2) is 0 Å². The Morgan fingerprint density at radius 2 is 1.69 bits per heavy atom.